The van der Waals surface area contributed by atoms with Gasteiger partial charge in [0.25, 0.3) is 5.91 Å². The van der Waals surface area contributed by atoms with E-state index in [0.717, 1.165) is 30.8 Å². The summed E-state index contributed by atoms with van der Waals surface area (Å²) in [7, 11) is 2.07. The Morgan fingerprint density at radius 2 is 2.07 bits per heavy atom. The molecule has 3 heterocycles. The van der Waals surface area contributed by atoms with E-state index in [0.29, 0.717) is 28.6 Å². The second kappa shape index (κ2) is 7.47. The van der Waals surface area contributed by atoms with Gasteiger partial charge in [-0.2, -0.15) is 0 Å². The highest BCUT2D eigenvalue weighted by Gasteiger charge is 2.18. The third kappa shape index (κ3) is 3.77. The van der Waals surface area contributed by atoms with Crippen molar-refractivity contribution >= 4 is 5.91 Å². The summed E-state index contributed by atoms with van der Waals surface area (Å²) in [5.41, 5.74) is 3.85. The van der Waals surface area contributed by atoms with Gasteiger partial charge in [-0.05, 0) is 38.2 Å². The van der Waals surface area contributed by atoms with Crippen molar-refractivity contribution in [1.29, 1.82) is 0 Å². The summed E-state index contributed by atoms with van der Waals surface area (Å²) in [5.74, 6) is 0.491. The Labute approximate surface area is 162 Å². The first kappa shape index (κ1) is 18.2. The summed E-state index contributed by atoms with van der Waals surface area (Å²) in [6.07, 6.45) is 2.72. The molecule has 0 aliphatic carbocycles. The van der Waals surface area contributed by atoms with Crippen molar-refractivity contribution in [2.24, 2.45) is 0 Å². The number of imidazole rings is 1. The lowest BCUT2D eigenvalue weighted by molar-refractivity contribution is 0.0944. The SMILES string of the molecule is Cc1[nH]c(-c2ccc(F)cc2)nc1C(=O)NCc1ncc2c(n1)CCN(C)C2. The number of fused-ring (bicyclic) bond motifs is 1. The van der Waals surface area contributed by atoms with Crippen LogP contribution in [0.15, 0.2) is 30.5 Å². The zero-order chi connectivity index (χ0) is 19.7. The van der Waals surface area contributed by atoms with E-state index in [1.165, 1.54) is 12.1 Å². The van der Waals surface area contributed by atoms with Gasteiger partial charge in [0, 0.05) is 48.2 Å². The number of rotatable bonds is 4. The summed E-state index contributed by atoms with van der Waals surface area (Å²) in [5, 5.41) is 2.83. The second-order valence-corrected chi connectivity index (χ2v) is 6.99. The number of likely N-dealkylation sites (N-methyl/N-ethyl adjacent to an activating group) is 1. The molecule has 2 aromatic heterocycles. The molecule has 0 saturated heterocycles. The number of nitrogens with zero attached hydrogens (tertiary/aromatic N) is 4. The molecule has 0 bridgehead atoms. The van der Waals surface area contributed by atoms with Crippen LogP contribution in [0.4, 0.5) is 4.39 Å². The first-order valence-electron chi connectivity index (χ1n) is 9.12. The van der Waals surface area contributed by atoms with Gasteiger partial charge in [-0.15, -0.1) is 0 Å². The first-order chi connectivity index (χ1) is 13.5. The van der Waals surface area contributed by atoms with Gasteiger partial charge in [0.05, 0.1) is 6.54 Å². The molecule has 3 aromatic rings. The number of nitrogens with one attached hydrogen (secondary N) is 2. The summed E-state index contributed by atoms with van der Waals surface area (Å²) in [6, 6.07) is 5.96. The Kier molecular flexibility index (Phi) is 4.87. The Bertz CT molecular complexity index is 1010. The van der Waals surface area contributed by atoms with Gasteiger partial charge in [-0.1, -0.05) is 0 Å². The fourth-order valence-electron chi connectivity index (χ4n) is 3.25. The van der Waals surface area contributed by atoms with Gasteiger partial charge in [-0.25, -0.2) is 19.3 Å². The minimum Gasteiger partial charge on any atom is -0.343 e. The Morgan fingerprint density at radius 3 is 2.86 bits per heavy atom. The van der Waals surface area contributed by atoms with Crippen molar-refractivity contribution < 1.29 is 9.18 Å². The van der Waals surface area contributed by atoms with E-state index in [1.54, 1.807) is 19.1 Å². The fourth-order valence-corrected chi connectivity index (χ4v) is 3.25. The molecule has 1 aromatic carbocycles. The second-order valence-electron chi connectivity index (χ2n) is 6.99. The van der Waals surface area contributed by atoms with Crippen molar-refractivity contribution in [3.63, 3.8) is 0 Å². The lowest BCUT2D eigenvalue weighted by Gasteiger charge is -2.23. The number of hydrogen-bond donors (Lipinski definition) is 2. The number of carbonyl (C=O) groups excluding carboxylic acids is 1. The van der Waals surface area contributed by atoms with Crippen molar-refractivity contribution in [2.45, 2.75) is 26.4 Å². The van der Waals surface area contributed by atoms with Crippen LogP contribution in [0, 0.1) is 12.7 Å². The standard InChI is InChI=1S/C20H21FN6O/c1-12-18(26-19(24-12)13-3-5-15(21)6-4-13)20(28)23-10-17-22-9-14-11-27(2)8-7-16(14)25-17/h3-6,9H,7-8,10-11H2,1-2H3,(H,23,28)(H,24,26). The quantitative estimate of drug-likeness (QED) is 0.725. The number of carbonyl (C=O) groups is 1. The lowest BCUT2D eigenvalue weighted by Crippen LogP contribution is -2.29. The summed E-state index contributed by atoms with van der Waals surface area (Å²) in [6.45, 7) is 3.83. The summed E-state index contributed by atoms with van der Waals surface area (Å²) in [4.78, 5) is 31.2. The molecule has 0 unspecified atom stereocenters. The van der Waals surface area contributed by atoms with Crippen LogP contribution in [0.25, 0.3) is 11.4 Å². The fraction of sp³-hybridized carbons (Fsp3) is 0.300. The maximum atomic E-state index is 13.1. The highest BCUT2D eigenvalue weighted by molar-refractivity contribution is 5.94. The van der Waals surface area contributed by atoms with Crippen LogP contribution in [0.5, 0.6) is 0 Å². The van der Waals surface area contributed by atoms with Crippen molar-refractivity contribution in [3.8, 4) is 11.4 Å². The molecule has 7 nitrogen and oxygen atoms in total. The molecule has 0 saturated carbocycles. The van der Waals surface area contributed by atoms with E-state index < -0.39 is 0 Å². The van der Waals surface area contributed by atoms with Crippen LogP contribution in [-0.4, -0.2) is 44.3 Å². The maximum absolute atomic E-state index is 13.1. The van der Waals surface area contributed by atoms with E-state index in [4.69, 9.17) is 0 Å². The first-order valence-corrected chi connectivity index (χ1v) is 9.12. The predicted molar refractivity (Wildman–Crippen MR) is 102 cm³/mol. The number of aromatic nitrogens is 4. The molecule has 144 valence electrons. The number of halogens is 1. The molecule has 1 aliphatic rings. The van der Waals surface area contributed by atoms with Crippen LogP contribution < -0.4 is 5.32 Å². The number of aryl methyl sites for hydroxylation is 1. The maximum Gasteiger partial charge on any atom is 0.272 e. The minimum atomic E-state index is -0.318. The van der Waals surface area contributed by atoms with Gasteiger partial charge >= 0.3 is 0 Å². The van der Waals surface area contributed by atoms with E-state index in [-0.39, 0.29) is 18.3 Å². The predicted octanol–water partition coefficient (Wildman–Crippen LogP) is 2.23. The molecule has 28 heavy (non-hydrogen) atoms. The molecule has 2 N–H and O–H groups in total. The van der Waals surface area contributed by atoms with E-state index in [1.807, 2.05) is 6.20 Å². The molecule has 8 heteroatoms. The number of H-pyrrole nitrogens is 1. The molecular formula is C20H21FN6O. The number of aromatic amines is 1. The molecule has 0 atom stereocenters. The molecular weight excluding hydrogens is 359 g/mol. The summed E-state index contributed by atoms with van der Waals surface area (Å²) < 4.78 is 13.1. The number of hydrogen-bond acceptors (Lipinski definition) is 5. The zero-order valence-electron chi connectivity index (χ0n) is 15.8. The zero-order valence-corrected chi connectivity index (χ0v) is 15.8. The average Bonchev–Trinajstić information content (AvgIpc) is 3.08. The third-order valence-electron chi connectivity index (χ3n) is 4.80. The Hall–Kier alpha value is -3.13. The van der Waals surface area contributed by atoms with Crippen molar-refractivity contribution in [1.82, 2.24) is 30.2 Å². The van der Waals surface area contributed by atoms with E-state index in [9.17, 15) is 9.18 Å². The van der Waals surface area contributed by atoms with Crippen LogP contribution in [-0.2, 0) is 19.5 Å². The third-order valence-corrected chi connectivity index (χ3v) is 4.80. The molecule has 1 amide bonds. The Balaban J connectivity index is 1.45. The largest absolute Gasteiger partial charge is 0.343 e. The molecule has 0 radical (unpaired) electrons. The van der Waals surface area contributed by atoms with Crippen LogP contribution in [0.3, 0.4) is 0 Å². The lowest BCUT2D eigenvalue weighted by atomic mass is 10.1. The van der Waals surface area contributed by atoms with Gasteiger partial charge in [0.15, 0.2) is 0 Å². The summed E-state index contributed by atoms with van der Waals surface area (Å²) >= 11 is 0. The van der Waals surface area contributed by atoms with Crippen molar-refractivity contribution in [2.75, 3.05) is 13.6 Å². The minimum absolute atomic E-state index is 0.236. The number of benzene rings is 1. The average molecular weight is 380 g/mol. The Morgan fingerprint density at radius 1 is 1.29 bits per heavy atom. The van der Waals surface area contributed by atoms with E-state index >= 15 is 0 Å². The monoisotopic (exact) mass is 380 g/mol. The van der Waals surface area contributed by atoms with Crippen LogP contribution >= 0.6 is 0 Å². The molecule has 0 fully saturated rings. The number of amides is 1. The normalized spacial score (nSPS) is 14.0. The van der Waals surface area contributed by atoms with Gasteiger partial charge in [-0.3, -0.25) is 4.79 Å². The molecule has 1 aliphatic heterocycles. The van der Waals surface area contributed by atoms with Crippen molar-refractivity contribution in [3.05, 3.63) is 64.7 Å². The van der Waals surface area contributed by atoms with Crippen LogP contribution in [0.1, 0.15) is 33.3 Å². The van der Waals surface area contributed by atoms with Gasteiger partial charge in [0.2, 0.25) is 0 Å². The van der Waals surface area contributed by atoms with E-state index in [2.05, 4.69) is 37.2 Å². The highest BCUT2D eigenvalue weighted by atomic mass is 19.1. The molecule has 4 rings (SSSR count). The van der Waals surface area contributed by atoms with Gasteiger partial charge in [0.1, 0.15) is 23.2 Å². The topological polar surface area (TPSA) is 86.8 Å². The molecule has 0 spiro atoms. The highest BCUT2D eigenvalue weighted by Crippen LogP contribution is 2.19. The van der Waals surface area contributed by atoms with Crippen LogP contribution in [0.2, 0.25) is 0 Å². The smallest absolute Gasteiger partial charge is 0.272 e. The van der Waals surface area contributed by atoms with Gasteiger partial charge < -0.3 is 15.2 Å².